The number of methoxy groups -OCH3 is 1. The molecule has 0 saturated carbocycles. The second kappa shape index (κ2) is 11.2. The first kappa shape index (κ1) is 23.8. The highest BCUT2D eigenvalue weighted by molar-refractivity contribution is 5.86. The Morgan fingerprint density at radius 2 is 1.42 bits per heavy atom. The number of hydrogen-bond donors (Lipinski definition) is 2. The third kappa shape index (κ3) is 5.47. The van der Waals surface area contributed by atoms with Crippen LogP contribution in [-0.4, -0.2) is 35.6 Å². The summed E-state index contributed by atoms with van der Waals surface area (Å²) in [5, 5.41) is 8.59. The highest BCUT2D eigenvalue weighted by Crippen LogP contribution is 2.26. The molecule has 182 valence electrons. The van der Waals surface area contributed by atoms with E-state index in [2.05, 4.69) is 100 Å². The van der Waals surface area contributed by atoms with Crippen molar-refractivity contribution in [2.24, 2.45) is 5.92 Å². The Morgan fingerprint density at radius 1 is 0.833 bits per heavy atom. The number of nitrogens with one attached hydrogen (secondary N) is 2. The summed E-state index contributed by atoms with van der Waals surface area (Å²) in [5.74, 6) is 0.00853. The van der Waals surface area contributed by atoms with E-state index in [-0.39, 0.29) is 11.9 Å². The number of carbonyl (C=O) groups is 1. The molecule has 36 heavy (non-hydrogen) atoms. The number of aromatic nitrogens is 2. The Hall–Kier alpha value is -3.96. The third-order valence-corrected chi connectivity index (χ3v) is 6.89. The van der Waals surface area contributed by atoms with Crippen LogP contribution in [-0.2, 0) is 28.8 Å². The predicted molar refractivity (Wildman–Crippen MR) is 145 cm³/mol. The van der Waals surface area contributed by atoms with E-state index >= 15 is 0 Å². The number of nitrogens with zero attached hydrogens (tertiary/aromatic N) is 1. The van der Waals surface area contributed by atoms with E-state index in [1.165, 1.54) is 39.8 Å². The van der Waals surface area contributed by atoms with Crippen molar-refractivity contribution in [2.75, 3.05) is 13.7 Å². The molecule has 0 fully saturated rings. The molecule has 5 nitrogen and oxygen atoms in total. The average molecular weight is 478 g/mol. The normalized spacial score (nSPS) is 12.3. The van der Waals surface area contributed by atoms with Gasteiger partial charge < -0.3 is 15.0 Å². The lowest BCUT2D eigenvalue weighted by Crippen LogP contribution is -2.42. The van der Waals surface area contributed by atoms with Crippen LogP contribution in [0.15, 0.2) is 97.5 Å². The number of H-pyrrole nitrogens is 1. The van der Waals surface area contributed by atoms with Crippen LogP contribution in [0.3, 0.4) is 0 Å². The molecule has 1 aromatic heterocycles. The van der Waals surface area contributed by atoms with Gasteiger partial charge in [0.25, 0.3) is 0 Å². The van der Waals surface area contributed by atoms with E-state index in [0.29, 0.717) is 13.0 Å². The molecule has 0 amide bonds. The molecule has 0 radical (unpaired) electrons. The zero-order chi connectivity index (χ0) is 24.7. The summed E-state index contributed by atoms with van der Waals surface area (Å²) in [6, 6.07) is 29.7. The molecule has 1 unspecified atom stereocenters. The molecule has 0 bridgehead atoms. The highest BCUT2D eigenvalue weighted by Gasteiger charge is 2.22. The van der Waals surface area contributed by atoms with Crippen LogP contribution in [0.25, 0.3) is 21.5 Å². The van der Waals surface area contributed by atoms with Gasteiger partial charge in [0.15, 0.2) is 0 Å². The molecule has 5 rings (SSSR count). The van der Waals surface area contributed by atoms with E-state index in [1.807, 2.05) is 0 Å². The molecule has 0 spiro atoms. The lowest BCUT2D eigenvalue weighted by molar-refractivity contribution is -0.143. The summed E-state index contributed by atoms with van der Waals surface area (Å²) in [5.41, 5.74) is 3.55. The quantitative estimate of drug-likeness (QED) is 0.261. The minimum Gasteiger partial charge on any atom is -0.468 e. The molecule has 0 aliphatic rings. The van der Waals surface area contributed by atoms with Crippen molar-refractivity contribution >= 4 is 27.5 Å². The van der Waals surface area contributed by atoms with Crippen molar-refractivity contribution in [3.8, 4) is 0 Å². The van der Waals surface area contributed by atoms with Crippen LogP contribution in [0.5, 0.6) is 0 Å². The Bertz CT molecular complexity index is 1350. The van der Waals surface area contributed by atoms with Gasteiger partial charge in [-0.05, 0) is 58.0 Å². The summed E-state index contributed by atoms with van der Waals surface area (Å²) >= 11 is 0. The fraction of sp³-hybridized carbons (Fsp3) is 0.226. The SMILES string of the molecule is COC(=O)C(Cc1cnc[nH]1)NCC(Cc1cccc2ccccc12)Cc1cccc2ccccc12. The monoisotopic (exact) mass is 477 g/mol. The molecule has 5 aromatic rings. The van der Waals surface area contributed by atoms with Gasteiger partial charge in [0, 0.05) is 18.3 Å². The van der Waals surface area contributed by atoms with Crippen molar-refractivity contribution in [1.29, 1.82) is 0 Å². The number of ether oxygens (including phenoxy) is 1. The van der Waals surface area contributed by atoms with Crippen LogP contribution in [0.1, 0.15) is 16.8 Å². The summed E-state index contributed by atoms with van der Waals surface area (Å²) in [4.78, 5) is 19.8. The van der Waals surface area contributed by atoms with Crippen molar-refractivity contribution < 1.29 is 9.53 Å². The van der Waals surface area contributed by atoms with Gasteiger partial charge in [0.05, 0.1) is 13.4 Å². The minimum absolute atomic E-state index is 0.265. The number of benzene rings is 4. The van der Waals surface area contributed by atoms with Gasteiger partial charge in [-0.1, -0.05) is 84.9 Å². The Balaban J connectivity index is 1.43. The zero-order valence-corrected chi connectivity index (χ0v) is 20.5. The van der Waals surface area contributed by atoms with Crippen LogP contribution in [0.4, 0.5) is 0 Å². The van der Waals surface area contributed by atoms with Crippen molar-refractivity contribution in [2.45, 2.75) is 25.3 Å². The number of fused-ring (bicyclic) bond motifs is 2. The number of imidazole rings is 1. The first-order chi connectivity index (χ1) is 17.7. The summed E-state index contributed by atoms with van der Waals surface area (Å²) in [6.07, 6.45) is 5.68. The van der Waals surface area contributed by atoms with Gasteiger partial charge in [-0.15, -0.1) is 0 Å². The molecule has 0 aliphatic heterocycles. The molecule has 1 heterocycles. The molecule has 1 atom stereocenters. The molecular weight excluding hydrogens is 446 g/mol. The Labute approximate surface area is 211 Å². The number of carbonyl (C=O) groups excluding carboxylic acids is 1. The number of aromatic amines is 1. The number of esters is 1. The van der Waals surface area contributed by atoms with Crippen molar-refractivity contribution in [3.05, 3.63) is 114 Å². The molecule has 5 heteroatoms. The fourth-order valence-corrected chi connectivity index (χ4v) is 5.09. The molecule has 0 aliphatic carbocycles. The standard InChI is InChI=1S/C31H31N3O2/c1-36-31(35)30(18-27-20-32-21-34-27)33-19-22(16-25-12-6-10-23-8-2-4-14-28(23)25)17-26-13-7-11-24-9-3-5-15-29(24)26/h2-15,20-22,30,33H,16-19H2,1H3,(H,32,34). The van der Waals surface area contributed by atoms with Crippen molar-refractivity contribution in [1.82, 2.24) is 15.3 Å². The predicted octanol–water partition coefficient (Wildman–Crippen LogP) is 5.49. The van der Waals surface area contributed by atoms with Crippen LogP contribution in [0, 0.1) is 5.92 Å². The second-order valence-electron chi connectivity index (χ2n) is 9.32. The smallest absolute Gasteiger partial charge is 0.323 e. The van der Waals surface area contributed by atoms with E-state index in [1.54, 1.807) is 12.5 Å². The largest absolute Gasteiger partial charge is 0.468 e. The van der Waals surface area contributed by atoms with Gasteiger partial charge in [0.1, 0.15) is 6.04 Å². The van der Waals surface area contributed by atoms with E-state index in [9.17, 15) is 4.79 Å². The fourth-order valence-electron chi connectivity index (χ4n) is 5.09. The highest BCUT2D eigenvalue weighted by atomic mass is 16.5. The number of rotatable bonds is 10. The maximum Gasteiger partial charge on any atom is 0.323 e. The summed E-state index contributed by atoms with van der Waals surface area (Å²) in [6.45, 7) is 0.681. The summed E-state index contributed by atoms with van der Waals surface area (Å²) in [7, 11) is 1.44. The van der Waals surface area contributed by atoms with E-state index in [4.69, 9.17) is 4.74 Å². The van der Waals surface area contributed by atoms with Gasteiger partial charge in [-0.25, -0.2) is 4.98 Å². The Kier molecular flexibility index (Phi) is 7.39. The van der Waals surface area contributed by atoms with E-state index < -0.39 is 6.04 Å². The zero-order valence-electron chi connectivity index (χ0n) is 20.5. The summed E-state index contributed by atoms with van der Waals surface area (Å²) < 4.78 is 5.11. The average Bonchev–Trinajstić information content (AvgIpc) is 3.44. The molecule has 4 aromatic carbocycles. The molecule has 0 saturated heterocycles. The van der Waals surface area contributed by atoms with Crippen molar-refractivity contribution in [3.63, 3.8) is 0 Å². The maximum absolute atomic E-state index is 12.6. The Morgan fingerprint density at radius 3 is 1.97 bits per heavy atom. The van der Waals surface area contributed by atoms with Gasteiger partial charge in [0.2, 0.25) is 0 Å². The van der Waals surface area contributed by atoms with Crippen LogP contribution in [0.2, 0.25) is 0 Å². The lowest BCUT2D eigenvalue weighted by atomic mass is 9.88. The van der Waals surface area contributed by atoms with Crippen LogP contribution >= 0.6 is 0 Å². The van der Waals surface area contributed by atoms with Gasteiger partial charge in [-0.3, -0.25) is 4.79 Å². The van der Waals surface area contributed by atoms with Gasteiger partial charge >= 0.3 is 5.97 Å². The molecule has 2 N–H and O–H groups in total. The maximum atomic E-state index is 12.6. The van der Waals surface area contributed by atoms with Gasteiger partial charge in [-0.2, -0.15) is 0 Å². The minimum atomic E-state index is -0.446. The lowest BCUT2D eigenvalue weighted by Gasteiger charge is -2.23. The second-order valence-corrected chi connectivity index (χ2v) is 9.32. The first-order valence-electron chi connectivity index (χ1n) is 12.4. The van der Waals surface area contributed by atoms with E-state index in [0.717, 1.165) is 18.5 Å². The topological polar surface area (TPSA) is 67.0 Å². The first-order valence-corrected chi connectivity index (χ1v) is 12.4. The molecular formula is C31H31N3O2. The number of hydrogen-bond acceptors (Lipinski definition) is 4. The third-order valence-electron chi connectivity index (χ3n) is 6.89. The van der Waals surface area contributed by atoms with Crippen LogP contribution < -0.4 is 5.32 Å².